The number of nitro groups is 1. The first-order valence-corrected chi connectivity index (χ1v) is 13.6. The molecule has 12 heteroatoms. The molecule has 0 saturated heterocycles. The van der Waals surface area contributed by atoms with Crippen LogP contribution in [0.4, 0.5) is 24.5 Å². The van der Waals surface area contributed by atoms with E-state index in [0.717, 1.165) is 17.0 Å². The van der Waals surface area contributed by atoms with E-state index in [1.165, 1.54) is 41.7 Å². The van der Waals surface area contributed by atoms with E-state index in [-0.39, 0.29) is 42.1 Å². The number of nitro benzene ring substituents is 1. The van der Waals surface area contributed by atoms with Gasteiger partial charge in [0.05, 0.1) is 17.1 Å². The van der Waals surface area contributed by atoms with Gasteiger partial charge in [0.2, 0.25) is 5.91 Å². The molecule has 0 radical (unpaired) electrons. The minimum atomic E-state index is -4.67. The molecule has 0 N–H and O–H groups in total. The Morgan fingerprint density at radius 3 is 2.51 bits per heavy atom. The number of Topliss-reactive ketones (excluding diaryl/α,β-unsaturated/α-hetero) is 1. The predicted molar refractivity (Wildman–Crippen MR) is 143 cm³/mol. The lowest BCUT2D eigenvalue weighted by atomic mass is 9.69. The molecule has 3 atom stereocenters. The van der Waals surface area contributed by atoms with Crippen LogP contribution in [-0.2, 0) is 25.3 Å². The summed E-state index contributed by atoms with van der Waals surface area (Å²) in [4.78, 5) is 53.9. The number of carbonyl (C=O) groups excluding carboxylic acids is 3. The zero-order valence-electron chi connectivity index (χ0n) is 21.6. The summed E-state index contributed by atoms with van der Waals surface area (Å²) in [7, 11) is 0. The molecule has 1 aliphatic heterocycles. The molecule has 0 unspecified atom stereocenters. The zero-order chi connectivity index (χ0) is 29.5. The summed E-state index contributed by atoms with van der Waals surface area (Å²) in [6, 6.07) is 13.3. The molecule has 1 aliphatic carbocycles. The largest absolute Gasteiger partial charge is 0.465 e. The average Bonchev–Trinajstić information content (AvgIpc) is 3.47. The third-order valence-electron chi connectivity index (χ3n) is 7.29. The van der Waals surface area contributed by atoms with Crippen molar-refractivity contribution in [2.24, 2.45) is 5.92 Å². The third-order valence-corrected chi connectivity index (χ3v) is 8.29. The number of anilines is 1. The molecule has 5 rings (SSSR count). The van der Waals surface area contributed by atoms with Gasteiger partial charge in [0.15, 0.2) is 5.78 Å². The highest BCUT2D eigenvalue weighted by molar-refractivity contribution is 7.10. The smallest absolute Gasteiger partial charge is 0.416 e. The molecule has 2 heterocycles. The normalized spacial score (nSPS) is 21.1. The zero-order valence-corrected chi connectivity index (χ0v) is 22.4. The number of thiophene rings is 1. The number of halogens is 3. The van der Waals surface area contributed by atoms with Gasteiger partial charge < -0.3 is 4.74 Å². The minimum absolute atomic E-state index is 0.0154. The van der Waals surface area contributed by atoms with Crippen LogP contribution in [0.15, 0.2) is 77.3 Å². The third kappa shape index (κ3) is 5.26. The van der Waals surface area contributed by atoms with Gasteiger partial charge in [-0.2, -0.15) is 13.2 Å². The Hall–Kier alpha value is -4.32. The van der Waals surface area contributed by atoms with E-state index in [1.807, 2.05) is 0 Å². The van der Waals surface area contributed by atoms with Gasteiger partial charge in [0.1, 0.15) is 5.92 Å². The van der Waals surface area contributed by atoms with Crippen molar-refractivity contribution in [3.8, 4) is 0 Å². The van der Waals surface area contributed by atoms with E-state index >= 15 is 0 Å². The van der Waals surface area contributed by atoms with Gasteiger partial charge in [-0.05, 0) is 48.6 Å². The van der Waals surface area contributed by atoms with Crippen molar-refractivity contribution < 1.29 is 37.2 Å². The predicted octanol–water partition coefficient (Wildman–Crippen LogP) is 6.39. The monoisotopic (exact) mass is 584 g/mol. The van der Waals surface area contributed by atoms with Crippen LogP contribution in [0.2, 0.25) is 0 Å². The van der Waals surface area contributed by atoms with E-state index in [2.05, 4.69) is 0 Å². The van der Waals surface area contributed by atoms with Gasteiger partial charge in [0, 0.05) is 52.2 Å². The lowest BCUT2D eigenvalue weighted by molar-refractivity contribution is -0.384. The molecule has 0 bridgehead atoms. The number of ketones is 1. The minimum Gasteiger partial charge on any atom is -0.465 e. The number of rotatable bonds is 6. The molecule has 0 saturated carbocycles. The Morgan fingerprint density at radius 2 is 1.85 bits per heavy atom. The number of ether oxygens (including phenoxy) is 1. The molecule has 8 nitrogen and oxygen atoms in total. The molecule has 0 spiro atoms. The standard InChI is InChI=1S/C29H23F3N2O6S/c1-2-40-28(37)26-21(23-10-5-11-41-23)14-22-25(27(26)36)20(16-6-3-9-19(12-16)34(38)39)15-24(35)33(22)18-8-4-7-17(13-18)29(30,31)32/h3-13,20-21,26H,2,14-15H2,1H3/t20-,21-,26-/m0/s1. The first-order chi connectivity index (χ1) is 19.5. The van der Waals surface area contributed by atoms with E-state index in [1.54, 1.807) is 30.5 Å². The maximum atomic E-state index is 14.3. The van der Waals surface area contributed by atoms with Crippen LogP contribution in [0.5, 0.6) is 0 Å². The quantitative estimate of drug-likeness (QED) is 0.144. The van der Waals surface area contributed by atoms with Crippen LogP contribution in [0.1, 0.15) is 47.6 Å². The van der Waals surface area contributed by atoms with Crippen molar-refractivity contribution >= 4 is 40.4 Å². The fraction of sp³-hybridized carbons (Fsp3) is 0.276. The lowest BCUT2D eigenvalue weighted by Gasteiger charge is -2.42. The molecule has 1 amide bonds. The van der Waals surface area contributed by atoms with Crippen LogP contribution in [-0.4, -0.2) is 29.2 Å². The number of esters is 1. The van der Waals surface area contributed by atoms with Gasteiger partial charge in [-0.3, -0.25) is 29.4 Å². The number of hydrogen-bond acceptors (Lipinski definition) is 7. The van der Waals surface area contributed by atoms with Crippen molar-refractivity contribution in [2.75, 3.05) is 11.5 Å². The summed E-state index contributed by atoms with van der Waals surface area (Å²) < 4.78 is 46.1. The highest BCUT2D eigenvalue weighted by Crippen LogP contribution is 2.50. The van der Waals surface area contributed by atoms with E-state index in [4.69, 9.17) is 4.74 Å². The first kappa shape index (κ1) is 28.2. The maximum Gasteiger partial charge on any atom is 0.416 e. The highest BCUT2D eigenvalue weighted by atomic mass is 32.1. The van der Waals surface area contributed by atoms with E-state index in [9.17, 15) is 37.7 Å². The van der Waals surface area contributed by atoms with Crippen molar-refractivity contribution in [1.82, 2.24) is 0 Å². The molecule has 212 valence electrons. The molecule has 2 aliphatic rings. The van der Waals surface area contributed by atoms with Gasteiger partial charge in [-0.15, -0.1) is 11.3 Å². The second kappa shape index (κ2) is 10.9. The number of amides is 1. The molecule has 3 aromatic rings. The van der Waals surface area contributed by atoms with Crippen molar-refractivity contribution in [3.63, 3.8) is 0 Å². The van der Waals surface area contributed by atoms with Crippen molar-refractivity contribution in [3.05, 3.63) is 103 Å². The van der Waals surface area contributed by atoms with Gasteiger partial charge >= 0.3 is 12.1 Å². The highest BCUT2D eigenvalue weighted by Gasteiger charge is 2.50. The summed E-state index contributed by atoms with van der Waals surface area (Å²) >= 11 is 1.31. The maximum absolute atomic E-state index is 14.3. The van der Waals surface area contributed by atoms with Crippen molar-refractivity contribution in [1.29, 1.82) is 0 Å². The first-order valence-electron chi connectivity index (χ1n) is 12.7. The Kier molecular flexibility index (Phi) is 7.52. The van der Waals surface area contributed by atoms with Crippen LogP contribution in [0, 0.1) is 16.0 Å². The van der Waals surface area contributed by atoms with E-state index < -0.39 is 52.1 Å². The number of non-ortho nitro benzene ring substituents is 1. The number of allylic oxidation sites excluding steroid dienone is 2. The second-order valence-electron chi connectivity index (χ2n) is 9.67. The number of benzene rings is 2. The summed E-state index contributed by atoms with van der Waals surface area (Å²) in [6.45, 7) is 1.63. The SMILES string of the molecule is CCOC(=O)[C@@H]1C(=O)C2=C(C[C@H]1c1cccs1)N(c1cccc(C(F)(F)F)c1)C(=O)C[C@H]2c1cccc([N+](=O)[O-])c1. The molecular formula is C29H23F3N2O6S. The summed E-state index contributed by atoms with van der Waals surface area (Å²) in [5, 5.41) is 13.3. The number of alkyl halides is 3. The lowest BCUT2D eigenvalue weighted by Crippen LogP contribution is -2.46. The Bertz CT molecular complexity index is 1570. The Balaban J connectivity index is 1.74. The Labute approximate surface area is 236 Å². The molecule has 2 aromatic carbocycles. The van der Waals surface area contributed by atoms with Crippen molar-refractivity contribution in [2.45, 2.75) is 37.8 Å². The second-order valence-corrected chi connectivity index (χ2v) is 10.6. The summed E-state index contributed by atoms with van der Waals surface area (Å²) in [5.74, 6) is -4.89. The van der Waals surface area contributed by atoms with E-state index in [0.29, 0.717) is 10.4 Å². The van der Waals surface area contributed by atoms with Crippen LogP contribution in [0.3, 0.4) is 0 Å². The average molecular weight is 585 g/mol. The van der Waals surface area contributed by atoms with Gasteiger partial charge in [0.25, 0.3) is 5.69 Å². The fourth-order valence-electron chi connectivity index (χ4n) is 5.56. The summed E-state index contributed by atoms with van der Waals surface area (Å²) in [6.07, 6.45) is -5.03. The number of hydrogen-bond donors (Lipinski definition) is 0. The van der Waals surface area contributed by atoms with Crippen LogP contribution >= 0.6 is 11.3 Å². The van der Waals surface area contributed by atoms with Crippen LogP contribution < -0.4 is 4.90 Å². The fourth-order valence-corrected chi connectivity index (χ4v) is 6.43. The number of nitrogens with zero attached hydrogens (tertiary/aromatic N) is 2. The molecule has 41 heavy (non-hydrogen) atoms. The topological polar surface area (TPSA) is 107 Å². The molecule has 0 fully saturated rings. The molecular weight excluding hydrogens is 561 g/mol. The van der Waals surface area contributed by atoms with Crippen LogP contribution in [0.25, 0.3) is 0 Å². The molecule has 1 aromatic heterocycles. The summed E-state index contributed by atoms with van der Waals surface area (Å²) in [5.41, 5.74) is -0.739. The Morgan fingerprint density at radius 1 is 1.10 bits per heavy atom. The number of carbonyl (C=O) groups is 3. The van der Waals surface area contributed by atoms with Gasteiger partial charge in [-0.1, -0.05) is 24.3 Å². The van der Waals surface area contributed by atoms with Gasteiger partial charge in [-0.25, -0.2) is 0 Å².